The highest BCUT2D eigenvalue weighted by atomic mass is 79.9. The standard InChI is InChI=1S/C17H18BrN3O3S/c1-10-3-7-13(8-4-10)25(23,24)21-17-15(20-14(18)9-19-17)11(2)16(22)12-5-6-12/h3-4,7-9,11-12H,5-6H2,1-2H3,(H,19,21). The maximum absolute atomic E-state index is 12.6. The average Bonchev–Trinajstić information content (AvgIpc) is 3.40. The van der Waals surface area contributed by atoms with Gasteiger partial charge in [-0.3, -0.25) is 9.52 Å². The number of anilines is 1. The van der Waals surface area contributed by atoms with E-state index in [1.54, 1.807) is 19.1 Å². The first-order valence-electron chi connectivity index (χ1n) is 7.93. The summed E-state index contributed by atoms with van der Waals surface area (Å²) >= 11 is 3.24. The number of hydrogen-bond donors (Lipinski definition) is 1. The van der Waals surface area contributed by atoms with Crippen LogP contribution < -0.4 is 4.72 Å². The third kappa shape index (κ3) is 4.07. The number of nitrogens with zero attached hydrogens (tertiary/aromatic N) is 2. The summed E-state index contributed by atoms with van der Waals surface area (Å²) in [5.74, 6) is -0.306. The van der Waals surface area contributed by atoms with Crippen molar-refractivity contribution in [3.63, 3.8) is 0 Å². The molecule has 0 radical (unpaired) electrons. The molecule has 25 heavy (non-hydrogen) atoms. The second-order valence-corrected chi connectivity index (χ2v) is 8.74. The van der Waals surface area contributed by atoms with Crippen molar-refractivity contribution in [2.24, 2.45) is 5.92 Å². The lowest BCUT2D eigenvalue weighted by atomic mass is 9.99. The highest BCUT2D eigenvalue weighted by Gasteiger charge is 2.35. The SMILES string of the molecule is Cc1ccc(S(=O)(=O)Nc2ncc(Br)nc2C(C)C(=O)C2CC2)cc1. The molecule has 1 unspecified atom stereocenters. The molecule has 1 aromatic heterocycles. The van der Waals surface area contributed by atoms with Crippen LogP contribution in [-0.4, -0.2) is 24.2 Å². The summed E-state index contributed by atoms with van der Waals surface area (Å²) < 4.78 is 28.2. The summed E-state index contributed by atoms with van der Waals surface area (Å²) in [5, 5.41) is 0. The summed E-state index contributed by atoms with van der Waals surface area (Å²) in [6.07, 6.45) is 3.18. The van der Waals surface area contributed by atoms with E-state index in [0.29, 0.717) is 10.3 Å². The van der Waals surface area contributed by atoms with Gasteiger partial charge in [-0.1, -0.05) is 17.7 Å². The van der Waals surface area contributed by atoms with Gasteiger partial charge in [0.15, 0.2) is 5.82 Å². The Morgan fingerprint density at radius 2 is 1.92 bits per heavy atom. The molecule has 0 aliphatic heterocycles. The number of rotatable bonds is 6. The van der Waals surface area contributed by atoms with Crippen LogP contribution in [0.1, 0.15) is 36.9 Å². The number of nitrogens with one attached hydrogen (secondary N) is 1. The van der Waals surface area contributed by atoms with E-state index in [1.165, 1.54) is 18.3 Å². The van der Waals surface area contributed by atoms with Crippen molar-refractivity contribution in [2.45, 2.75) is 37.5 Å². The average molecular weight is 424 g/mol. The van der Waals surface area contributed by atoms with Gasteiger partial charge in [0.2, 0.25) is 0 Å². The molecule has 1 aliphatic rings. The summed E-state index contributed by atoms with van der Waals surface area (Å²) in [4.78, 5) is 21.0. The fourth-order valence-electron chi connectivity index (χ4n) is 2.52. The molecule has 6 nitrogen and oxygen atoms in total. The largest absolute Gasteiger partial charge is 0.299 e. The number of Topliss-reactive ketones (excluding diaryl/α,β-unsaturated/α-hetero) is 1. The number of aryl methyl sites for hydroxylation is 1. The predicted molar refractivity (Wildman–Crippen MR) is 97.9 cm³/mol. The van der Waals surface area contributed by atoms with Gasteiger partial charge in [-0.05, 0) is 54.8 Å². The Kier molecular flexibility index (Phi) is 4.92. The Labute approximate surface area is 155 Å². The van der Waals surface area contributed by atoms with Gasteiger partial charge in [0, 0.05) is 5.92 Å². The van der Waals surface area contributed by atoms with Crippen molar-refractivity contribution in [3.8, 4) is 0 Å². The normalized spacial score (nSPS) is 15.6. The van der Waals surface area contributed by atoms with Crippen LogP contribution in [0.4, 0.5) is 5.82 Å². The Bertz CT molecular complexity index is 909. The molecule has 1 fully saturated rings. The van der Waals surface area contributed by atoms with Gasteiger partial charge >= 0.3 is 0 Å². The van der Waals surface area contributed by atoms with E-state index in [9.17, 15) is 13.2 Å². The van der Waals surface area contributed by atoms with Crippen LogP contribution in [0.3, 0.4) is 0 Å². The van der Waals surface area contributed by atoms with Gasteiger partial charge < -0.3 is 0 Å². The third-order valence-electron chi connectivity index (χ3n) is 4.15. The minimum absolute atomic E-state index is 0.0531. The van der Waals surface area contributed by atoms with E-state index in [2.05, 4.69) is 30.6 Å². The number of sulfonamides is 1. The van der Waals surface area contributed by atoms with Crippen molar-refractivity contribution in [1.82, 2.24) is 9.97 Å². The van der Waals surface area contributed by atoms with Crippen molar-refractivity contribution in [3.05, 3.63) is 46.3 Å². The van der Waals surface area contributed by atoms with E-state index in [0.717, 1.165) is 18.4 Å². The lowest BCUT2D eigenvalue weighted by molar-refractivity contribution is -0.121. The number of carbonyl (C=O) groups excluding carboxylic acids is 1. The monoisotopic (exact) mass is 423 g/mol. The molecule has 1 heterocycles. The first-order chi connectivity index (χ1) is 11.8. The van der Waals surface area contributed by atoms with E-state index in [-0.39, 0.29) is 22.4 Å². The van der Waals surface area contributed by atoms with Crippen molar-refractivity contribution < 1.29 is 13.2 Å². The Balaban J connectivity index is 1.94. The minimum Gasteiger partial charge on any atom is -0.299 e. The smallest absolute Gasteiger partial charge is 0.263 e. The topological polar surface area (TPSA) is 89.0 Å². The van der Waals surface area contributed by atoms with E-state index < -0.39 is 15.9 Å². The van der Waals surface area contributed by atoms with Gasteiger partial charge in [-0.15, -0.1) is 0 Å². The molecule has 0 amide bonds. The molecule has 2 aromatic rings. The van der Waals surface area contributed by atoms with Gasteiger partial charge in [-0.2, -0.15) is 0 Å². The highest BCUT2D eigenvalue weighted by molar-refractivity contribution is 9.10. The molecule has 0 saturated heterocycles. The molecule has 1 saturated carbocycles. The molecule has 0 bridgehead atoms. The zero-order valence-electron chi connectivity index (χ0n) is 13.9. The second-order valence-electron chi connectivity index (χ2n) is 6.24. The van der Waals surface area contributed by atoms with E-state index >= 15 is 0 Å². The molecular formula is C17H18BrN3O3S. The Morgan fingerprint density at radius 3 is 2.52 bits per heavy atom. The first kappa shape index (κ1) is 18.0. The summed E-state index contributed by atoms with van der Waals surface area (Å²) in [6.45, 7) is 3.62. The van der Waals surface area contributed by atoms with Crippen LogP contribution in [0, 0.1) is 12.8 Å². The van der Waals surface area contributed by atoms with Crippen LogP contribution in [0.15, 0.2) is 40.0 Å². The van der Waals surface area contributed by atoms with Crippen molar-refractivity contribution >= 4 is 37.6 Å². The molecule has 0 spiro atoms. The number of carbonyl (C=O) groups is 1. The van der Waals surface area contributed by atoms with Crippen LogP contribution in [0.25, 0.3) is 0 Å². The molecule has 132 valence electrons. The van der Waals surface area contributed by atoms with Crippen LogP contribution in [0.5, 0.6) is 0 Å². The fraction of sp³-hybridized carbons (Fsp3) is 0.353. The summed E-state index contributed by atoms with van der Waals surface area (Å²) in [7, 11) is -3.81. The number of benzene rings is 1. The predicted octanol–water partition coefficient (Wildman–Crippen LogP) is 3.43. The lowest BCUT2D eigenvalue weighted by Gasteiger charge is -2.15. The molecule has 3 rings (SSSR count). The fourth-order valence-corrected chi connectivity index (χ4v) is 3.84. The van der Waals surface area contributed by atoms with E-state index in [4.69, 9.17) is 0 Å². The van der Waals surface area contributed by atoms with Crippen LogP contribution in [-0.2, 0) is 14.8 Å². The summed E-state index contributed by atoms with van der Waals surface area (Å²) in [5.41, 5.74) is 1.30. The van der Waals surface area contributed by atoms with Gasteiger partial charge in [0.1, 0.15) is 10.4 Å². The number of aromatic nitrogens is 2. The molecule has 1 N–H and O–H groups in total. The van der Waals surface area contributed by atoms with Gasteiger partial charge in [-0.25, -0.2) is 18.4 Å². The maximum atomic E-state index is 12.6. The van der Waals surface area contributed by atoms with Crippen molar-refractivity contribution in [1.29, 1.82) is 0 Å². The first-order valence-corrected chi connectivity index (χ1v) is 10.2. The van der Waals surface area contributed by atoms with Gasteiger partial charge in [0.25, 0.3) is 10.0 Å². The minimum atomic E-state index is -3.81. The Morgan fingerprint density at radius 1 is 1.28 bits per heavy atom. The summed E-state index contributed by atoms with van der Waals surface area (Å²) in [6, 6.07) is 6.51. The maximum Gasteiger partial charge on any atom is 0.263 e. The number of hydrogen-bond acceptors (Lipinski definition) is 5. The third-order valence-corrected chi connectivity index (χ3v) is 5.89. The lowest BCUT2D eigenvalue weighted by Crippen LogP contribution is -2.20. The zero-order chi connectivity index (χ0) is 18.2. The molecule has 1 aliphatic carbocycles. The van der Waals surface area contributed by atoms with Crippen LogP contribution in [0.2, 0.25) is 0 Å². The quantitative estimate of drug-likeness (QED) is 0.768. The Hall–Kier alpha value is -1.80. The van der Waals surface area contributed by atoms with Crippen molar-refractivity contribution in [2.75, 3.05) is 4.72 Å². The van der Waals surface area contributed by atoms with Gasteiger partial charge in [0.05, 0.1) is 22.7 Å². The number of halogens is 1. The van der Waals surface area contributed by atoms with E-state index in [1.807, 2.05) is 6.92 Å². The second kappa shape index (κ2) is 6.84. The molecule has 8 heteroatoms. The molecule has 1 aromatic carbocycles. The molecule has 1 atom stereocenters. The van der Waals surface area contributed by atoms with Crippen LogP contribution >= 0.6 is 15.9 Å². The molecular weight excluding hydrogens is 406 g/mol. The number of ketones is 1. The highest BCUT2D eigenvalue weighted by Crippen LogP contribution is 2.36. The zero-order valence-corrected chi connectivity index (χ0v) is 16.3.